The molecule has 6 nitrogen and oxygen atoms in total. The summed E-state index contributed by atoms with van der Waals surface area (Å²) in [5.74, 6) is -0.944. The minimum atomic E-state index is -4.81. The summed E-state index contributed by atoms with van der Waals surface area (Å²) in [6, 6.07) is 10.3. The standard InChI is InChI=1S/C19H11ClF3N5O/c20-11-1-4-13(5-2-11)28-17(19(21,22)23)14(10-26-28)18(29)27-12-3-6-15-16(9-12)25-8-7-24-15/h1-10H,(H,27,29). The van der Waals surface area contributed by atoms with Crippen molar-refractivity contribution in [3.05, 3.63) is 77.3 Å². The zero-order valence-electron chi connectivity index (χ0n) is 14.5. The molecule has 0 saturated heterocycles. The van der Waals surface area contributed by atoms with Crippen molar-refractivity contribution in [2.45, 2.75) is 6.18 Å². The molecule has 2 heterocycles. The molecule has 4 aromatic rings. The number of amides is 1. The van der Waals surface area contributed by atoms with Gasteiger partial charge in [0.1, 0.15) is 0 Å². The molecule has 0 spiro atoms. The highest BCUT2D eigenvalue weighted by Gasteiger charge is 2.40. The van der Waals surface area contributed by atoms with Gasteiger partial charge in [-0.1, -0.05) is 11.6 Å². The molecule has 146 valence electrons. The number of nitrogens with one attached hydrogen (secondary N) is 1. The molecule has 10 heteroatoms. The monoisotopic (exact) mass is 417 g/mol. The molecule has 0 fully saturated rings. The fourth-order valence-electron chi connectivity index (χ4n) is 2.80. The number of alkyl halides is 3. The molecular weight excluding hydrogens is 407 g/mol. The summed E-state index contributed by atoms with van der Waals surface area (Å²) in [7, 11) is 0. The van der Waals surface area contributed by atoms with Gasteiger partial charge in [-0.05, 0) is 42.5 Å². The summed E-state index contributed by atoms with van der Waals surface area (Å²) in [5.41, 5.74) is -0.281. The third-order valence-corrected chi connectivity index (χ3v) is 4.33. The number of carbonyl (C=O) groups excluding carboxylic acids is 1. The number of fused-ring (bicyclic) bond motifs is 1. The molecule has 0 aliphatic heterocycles. The molecule has 0 aliphatic rings. The van der Waals surface area contributed by atoms with Crippen LogP contribution in [0.5, 0.6) is 0 Å². The summed E-state index contributed by atoms with van der Waals surface area (Å²) in [6.07, 6.45) is -0.932. The fraction of sp³-hybridized carbons (Fsp3) is 0.0526. The lowest BCUT2D eigenvalue weighted by Crippen LogP contribution is -2.20. The first-order valence-corrected chi connectivity index (χ1v) is 8.64. The normalized spacial score (nSPS) is 11.6. The third-order valence-electron chi connectivity index (χ3n) is 4.08. The highest BCUT2D eigenvalue weighted by molar-refractivity contribution is 6.30. The second-order valence-electron chi connectivity index (χ2n) is 6.01. The van der Waals surface area contributed by atoms with Gasteiger partial charge < -0.3 is 5.32 Å². The maximum absolute atomic E-state index is 13.7. The van der Waals surface area contributed by atoms with Crippen molar-refractivity contribution in [1.82, 2.24) is 19.7 Å². The van der Waals surface area contributed by atoms with Crippen LogP contribution in [0.1, 0.15) is 16.1 Å². The number of hydrogen-bond acceptors (Lipinski definition) is 4. The van der Waals surface area contributed by atoms with Gasteiger partial charge in [0.15, 0.2) is 5.69 Å². The minimum Gasteiger partial charge on any atom is -0.322 e. The predicted octanol–water partition coefficient (Wildman–Crippen LogP) is 4.74. The first-order valence-electron chi connectivity index (χ1n) is 8.26. The number of nitrogens with zero attached hydrogens (tertiary/aromatic N) is 4. The van der Waals surface area contributed by atoms with E-state index in [4.69, 9.17) is 11.6 Å². The van der Waals surface area contributed by atoms with Gasteiger partial charge in [0.2, 0.25) is 0 Å². The van der Waals surface area contributed by atoms with Crippen molar-refractivity contribution in [2.75, 3.05) is 5.32 Å². The van der Waals surface area contributed by atoms with E-state index in [1.54, 1.807) is 6.07 Å². The molecule has 29 heavy (non-hydrogen) atoms. The van der Waals surface area contributed by atoms with E-state index in [9.17, 15) is 18.0 Å². The number of aromatic nitrogens is 4. The van der Waals surface area contributed by atoms with Crippen LogP contribution < -0.4 is 5.32 Å². The Bertz CT molecular complexity index is 1200. The Morgan fingerprint density at radius 3 is 2.38 bits per heavy atom. The Hall–Kier alpha value is -3.46. The molecule has 0 atom stereocenters. The van der Waals surface area contributed by atoms with Gasteiger partial charge in [0.25, 0.3) is 5.91 Å². The van der Waals surface area contributed by atoms with Crippen molar-refractivity contribution in [1.29, 1.82) is 0 Å². The molecular formula is C19H11ClF3N5O. The molecule has 0 unspecified atom stereocenters. The van der Waals surface area contributed by atoms with Gasteiger partial charge in [-0.2, -0.15) is 18.3 Å². The molecule has 0 saturated carbocycles. The Morgan fingerprint density at radius 1 is 1.00 bits per heavy atom. The Kier molecular flexibility index (Phi) is 4.67. The average molecular weight is 418 g/mol. The number of hydrogen-bond donors (Lipinski definition) is 1. The largest absolute Gasteiger partial charge is 0.434 e. The number of carbonyl (C=O) groups is 1. The number of anilines is 1. The van der Waals surface area contributed by atoms with Crippen LogP contribution in [0.4, 0.5) is 18.9 Å². The third kappa shape index (κ3) is 3.77. The Balaban J connectivity index is 1.71. The first kappa shape index (κ1) is 18.9. The summed E-state index contributed by atoms with van der Waals surface area (Å²) in [4.78, 5) is 20.8. The zero-order chi connectivity index (χ0) is 20.6. The van der Waals surface area contributed by atoms with E-state index >= 15 is 0 Å². The molecule has 1 amide bonds. The first-order chi connectivity index (χ1) is 13.8. The Labute approximate surface area is 167 Å². The van der Waals surface area contributed by atoms with E-state index in [1.807, 2.05) is 0 Å². The van der Waals surface area contributed by atoms with Gasteiger partial charge in [0, 0.05) is 23.1 Å². The second kappa shape index (κ2) is 7.17. The average Bonchev–Trinajstić information content (AvgIpc) is 3.14. The van der Waals surface area contributed by atoms with Gasteiger partial charge in [0.05, 0.1) is 28.5 Å². The molecule has 4 rings (SSSR count). The smallest absolute Gasteiger partial charge is 0.322 e. The summed E-state index contributed by atoms with van der Waals surface area (Å²) < 4.78 is 41.9. The van der Waals surface area contributed by atoms with Crippen LogP contribution in [0, 0.1) is 0 Å². The highest BCUT2D eigenvalue weighted by atomic mass is 35.5. The quantitative estimate of drug-likeness (QED) is 0.522. The van der Waals surface area contributed by atoms with Crippen molar-refractivity contribution < 1.29 is 18.0 Å². The van der Waals surface area contributed by atoms with Gasteiger partial charge in [-0.25, -0.2) is 4.68 Å². The van der Waals surface area contributed by atoms with Crippen LogP contribution in [0.3, 0.4) is 0 Å². The van der Waals surface area contributed by atoms with Gasteiger partial charge in [-0.15, -0.1) is 0 Å². The van der Waals surface area contributed by atoms with Crippen LogP contribution in [0.25, 0.3) is 16.7 Å². The maximum Gasteiger partial charge on any atom is 0.434 e. The van der Waals surface area contributed by atoms with E-state index in [1.165, 1.54) is 48.8 Å². The number of rotatable bonds is 3. The lowest BCUT2D eigenvalue weighted by Gasteiger charge is -2.13. The van der Waals surface area contributed by atoms with Crippen LogP contribution in [0.2, 0.25) is 5.02 Å². The molecule has 2 aromatic heterocycles. The minimum absolute atomic E-state index is 0.127. The van der Waals surface area contributed by atoms with E-state index < -0.39 is 23.3 Å². The predicted molar refractivity (Wildman–Crippen MR) is 101 cm³/mol. The number of halogens is 4. The summed E-state index contributed by atoms with van der Waals surface area (Å²) >= 11 is 5.79. The summed E-state index contributed by atoms with van der Waals surface area (Å²) in [6.45, 7) is 0. The Morgan fingerprint density at radius 2 is 1.69 bits per heavy atom. The molecule has 0 aliphatic carbocycles. The topological polar surface area (TPSA) is 72.7 Å². The van der Waals surface area contributed by atoms with Gasteiger partial charge in [-0.3, -0.25) is 14.8 Å². The van der Waals surface area contributed by atoms with Crippen LogP contribution in [0.15, 0.2) is 61.1 Å². The number of benzene rings is 2. The molecule has 2 aromatic carbocycles. The van der Waals surface area contributed by atoms with Gasteiger partial charge >= 0.3 is 6.18 Å². The lowest BCUT2D eigenvalue weighted by molar-refractivity contribution is -0.143. The second-order valence-corrected chi connectivity index (χ2v) is 6.44. The van der Waals surface area contributed by atoms with Crippen molar-refractivity contribution in [3.8, 4) is 5.69 Å². The van der Waals surface area contributed by atoms with E-state index in [2.05, 4.69) is 20.4 Å². The van der Waals surface area contributed by atoms with Crippen LogP contribution in [-0.4, -0.2) is 25.7 Å². The van der Waals surface area contributed by atoms with E-state index in [-0.39, 0.29) is 11.4 Å². The fourth-order valence-corrected chi connectivity index (χ4v) is 2.93. The summed E-state index contributed by atoms with van der Waals surface area (Å²) in [5, 5.41) is 6.59. The molecule has 1 N–H and O–H groups in total. The van der Waals surface area contributed by atoms with Crippen LogP contribution in [-0.2, 0) is 6.18 Å². The maximum atomic E-state index is 13.7. The van der Waals surface area contributed by atoms with Crippen molar-refractivity contribution >= 4 is 34.2 Å². The highest BCUT2D eigenvalue weighted by Crippen LogP contribution is 2.34. The SMILES string of the molecule is O=C(Nc1ccc2nccnc2c1)c1cnn(-c2ccc(Cl)cc2)c1C(F)(F)F. The van der Waals surface area contributed by atoms with Crippen LogP contribution >= 0.6 is 11.6 Å². The van der Waals surface area contributed by atoms with E-state index in [0.717, 1.165) is 6.20 Å². The lowest BCUT2D eigenvalue weighted by atomic mass is 10.2. The zero-order valence-corrected chi connectivity index (χ0v) is 15.2. The van der Waals surface area contributed by atoms with Crippen molar-refractivity contribution in [3.63, 3.8) is 0 Å². The van der Waals surface area contributed by atoms with E-state index in [0.29, 0.717) is 20.7 Å². The van der Waals surface area contributed by atoms with Crippen molar-refractivity contribution in [2.24, 2.45) is 0 Å². The molecule has 0 radical (unpaired) electrons. The molecule has 0 bridgehead atoms.